The predicted molar refractivity (Wildman–Crippen MR) is 87.9 cm³/mol. The van der Waals surface area contributed by atoms with Gasteiger partial charge in [0.2, 0.25) is 11.8 Å². The van der Waals surface area contributed by atoms with Gasteiger partial charge < -0.3 is 14.5 Å². The minimum atomic E-state index is -0.0464. The van der Waals surface area contributed by atoms with Crippen molar-refractivity contribution in [3.8, 4) is 5.69 Å². The van der Waals surface area contributed by atoms with E-state index < -0.39 is 0 Å². The fraction of sp³-hybridized carbons (Fsp3) is 0.438. The number of rotatable bonds is 6. The molecule has 2 heterocycles. The first-order valence-corrected chi connectivity index (χ1v) is 8.04. The van der Waals surface area contributed by atoms with Crippen molar-refractivity contribution < 1.29 is 14.3 Å². The highest BCUT2D eigenvalue weighted by atomic mass is 16.5. The molecule has 0 radical (unpaired) electrons. The molecule has 0 unspecified atom stereocenters. The van der Waals surface area contributed by atoms with E-state index in [2.05, 4.69) is 15.5 Å². The van der Waals surface area contributed by atoms with E-state index in [0.29, 0.717) is 26.2 Å². The molecule has 0 atom stereocenters. The summed E-state index contributed by atoms with van der Waals surface area (Å²) in [6, 6.07) is 7.44. The highest BCUT2D eigenvalue weighted by Crippen LogP contribution is 2.11. The first kappa shape index (κ1) is 17.0. The monoisotopic (exact) mass is 344 g/mol. The Morgan fingerprint density at radius 1 is 1.24 bits per heavy atom. The maximum absolute atomic E-state index is 12.4. The van der Waals surface area contributed by atoms with Crippen LogP contribution < -0.4 is 0 Å². The summed E-state index contributed by atoms with van der Waals surface area (Å²) in [6.45, 7) is 2.30. The smallest absolute Gasteiger partial charge is 0.242 e. The Hall–Kier alpha value is -2.81. The van der Waals surface area contributed by atoms with Crippen LogP contribution in [0.2, 0.25) is 0 Å². The van der Waals surface area contributed by atoms with Crippen LogP contribution in [0.5, 0.6) is 0 Å². The van der Waals surface area contributed by atoms with E-state index in [0.717, 1.165) is 11.3 Å². The summed E-state index contributed by atoms with van der Waals surface area (Å²) >= 11 is 0. The van der Waals surface area contributed by atoms with Gasteiger partial charge in [0.25, 0.3) is 0 Å². The maximum Gasteiger partial charge on any atom is 0.242 e. The molecule has 1 aromatic carbocycles. The number of hydrogen-bond acceptors (Lipinski definition) is 6. The number of tetrazole rings is 1. The number of benzene rings is 1. The third-order valence-corrected chi connectivity index (χ3v) is 4.14. The van der Waals surface area contributed by atoms with E-state index >= 15 is 0 Å². The summed E-state index contributed by atoms with van der Waals surface area (Å²) < 4.78 is 6.54. The van der Waals surface area contributed by atoms with E-state index in [9.17, 15) is 9.59 Å². The molecule has 25 heavy (non-hydrogen) atoms. The van der Waals surface area contributed by atoms with Crippen molar-refractivity contribution in [3.05, 3.63) is 36.2 Å². The Balaban J connectivity index is 1.55. The number of aromatic nitrogens is 4. The summed E-state index contributed by atoms with van der Waals surface area (Å²) in [7, 11) is 1.61. The van der Waals surface area contributed by atoms with Crippen LogP contribution in [0.3, 0.4) is 0 Å². The minimum Gasteiger partial charge on any atom is -0.383 e. The summed E-state index contributed by atoms with van der Waals surface area (Å²) in [4.78, 5) is 27.9. The Bertz CT molecular complexity index is 716. The van der Waals surface area contributed by atoms with E-state index in [-0.39, 0.29) is 24.8 Å². The van der Waals surface area contributed by atoms with Gasteiger partial charge in [-0.15, -0.1) is 5.10 Å². The van der Waals surface area contributed by atoms with Crippen LogP contribution in [0.15, 0.2) is 30.6 Å². The Morgan fingerprint density at radius 3 is 2.68 bits per heavy atom. The molecule has 3 rings (SSSR count). The molecule has 2 amide bonds. The van der Waals surface area contributed by atoms with E-state index in [4.69, 9.17) is 4.74 Å². The molecule has 9 nitrogen and oxygen atoms in total. The van der Waals surface area contributed by atoms with Crippen LogP contribution in [0.4, 0.5) is 0 Å². The van der Waals surface area contributed by atoms with Gasteiger partial charge in [0, 0.05) is 26.7 Å². The number of methoxy groups -OCH3 is 1. The fourth-order valence-corrected chi connectivity index (χ4v) is 2.69. The molecule has 0 aliphatic carbocycles. The van der Waals surface area contributed by atoms with Crippen molar-refractivity contribution in [2.45, 2.75) is 6.42 Å². The van der Waals surface area contributed by atoms with Crippen LogP contribution in [0.1, 0.15) is 5.56 Å². The van der Waals surface area contributed by atoms with Crippen LogP contribution in [-0.2, 0) is 20.7 Å². The first-order chi connectivity index (χ1) is 12.2. The van der Waals surface area contributed by atoms with Gasteiger partial charge in [-0.3, -0.25) is 9.59 Å². The molecule has 0 saturated carbocycles. The van der Waals surface area contributed by atoms with Gasteiger partial charge in [-0.1, -0.05) is 12.1 Å². The second-order valence-electron chi connectivity index (χ2n) is 5.79. The van der Waals surface area contributed by atoms with Gasteiger partial charge in [-0.2, -0.15) is 0 Å². The number of ether oxygens (including phenoxy) is 1. The van der Waals surface area contributed by atoms with Crippen LogP contribution in [0.25, 0.3) is 5.69 Å². The van der Waals surface area contributed by atoms with Gasteiger partial charge >= 0.3 is 0 Å². The molecule has 1 fully saturated rings. The van der Waals surface area contributed by atoms with Crippen LogP contribution >= 0.6 is 0 Å². The highest BCUT2D eigenvalue weighted by molar-refractivity contribution is 5.87. The molecule has 1 aliphatic rings. The number of piperazine rings is 1. The largest absolute Gasteiger partial charge is 0.383 e. The Labute approximate surface area is 145 Å². The fourth-order valence-electron chi connectivity index (χ4n) is 2.69. The number of amides is 2. The zero-order valence-corrected chi connectivity index (χ0v) is 14.0. The molecule has 0 N–H and O–H groups in total. The average Bonchev–Trinajstić information content (AvgIpc) is 3.16. The number of carbonyl (C=O) groups is 2. The second-order valence-corrected chi connectivity index (χ2v) is 5.79. The minimum absolute atomic E-state index is 0.0364. The van der Waals surface area contributed by atoms with Crippen LogP contribution in [0, 0.1) is 0 Å². The molecule has 1 aromatic heterocycles. The third kappa shape index (κ3) is 4.18. The third-order valence-electron chi connectivity index (χ3n) is 4.14. The molecule has 0 bridgehead atoms. The van der Waals surface area contributed by atoms with Crippen molar-refractivity contribution in [2.75, 3.05) is 39.9 Å². The van der Waals surface area contributed by atoms with Crippen molar-refractivity contribution >= 4 is 11.8 Å². The topological polar surface area (TPSA) is 93.4 Å². The summed E-state index contributed by atoms with van der Waals surface area (Å²) in [5.74, 6) is -0.0828. The summed E-state index contributed by atoms with van der Waals surface area (Å²) in [5, 5.41) is 11.0. The SMILES string of the molecule is COCCN1CCN(C(=O)Cc2ccc(-n3cnnn3)cc2)CC1=O. The molecule has 1 saturated heterocycles. The summed E-state index contributed by atoms with van der Waals surface area (Å²) in [5.41, 5.74) is 1.71. The zero-order chi connectivity index (χ0) is 17.6. The normalized spacial score (nSPS) is 14.8. The van der Waals surface area contributed by atoms with Gasteiger partial charge in [-0.25, -0.2) is 4.68 Å². The quantitative estimate of drug-likeness (QED) is 0.703. The van der Waals surface area contributed by atoms with Gasteiger partial charge in [0.15, 0.2) is 0 Å². The predicted octanol–water partition coefficient (Wildman–Crippen LogP) is -0.478. The van der Waals surface area contributed by atoms with Crippen molar-refractivity contribution in [1.29, 1.82) is 0 Å². The van der Waals surface area contributed by atoms with E-state index in [1.54, 1.807) is 21.6 Å². The van der Waals surface area contributed by atoms with Crippen molar-refractivity contribution in [2.24, 2.45) is 0 Å². The number of hydrogen-bond donors (Lipinski definition) is 0. The number of nitrogens with zero attached hydrogens (tertiary/aromatic N) is 6. The standard InChI is InChI=1S/C16H20N6O3/c1-25-9-8-20-6-7-21(11-16(20)24)15(23)10-13-2-4-14(5-3-13)22-12-17-18-19-22/h2-5,12H,6-11H2,1H3. The first-order valence-electron chi connectivity index (χ1n) is 8.04. The highest BCUT2D eigenvalue weighted by Gasteiger charge is 2.26. The average molecular weight is 344 g/mol. The Morgan fingerprint density at radius 2 is 2.04 bits per heavy atom. The molecule has 2 aromatic rings. The van der Waals surface area contributed by atoms with Crippen LogP contribution in [-0.4, -0.2) is 81.7 Å². The lowest BCUT2D eigenvalue weighted by Gasteiger charge is -2.34. The maximum atomic E-state index is 12.4. The molecular weight excluding hydrogens is 324 g/mol. The molecule has 132 valence electrons. The summed E-state index contributed by atoms with van der Waals surface area (Å²) in [6.07, 6.45) is 1.77. The van der Waals surface area contributed by atoms with Gasteiger partial charge in [0.05, 0.1) is 25.3 Å². The zero-order valence-electron chi connectivity index (χ0n) is 14.0. The van der Waals surface area contributed by atoms with Gasteiger partial charge in [0.1, 0.15) is 6.33 Å². The Kier molecular flexibility index (Phi) is 5.34. The lowest BCUT2D eigenvalue weighted by molar-refractivity contribution is -0.145. The molecule has 0 spiro atoms. The molecule has 9 heteroatoms. The van der Waals surface area contributed by atoms with Crippen molar-refractivity contribution in [3.63, 3.8) is 0 Å². The molecular formula is C16H20N6O3. The van der Waals surface area contributed by atoms with E-state index in [1.807, 2.05) is 24.3 Å². The van der Waals surface area contributed by atoms with Crippen molar-refractivity contribution in [1.82, 2.24) is 30.0 Å². The van der Waals surface area contributed by atoms with E-state index in [1.165, 1.54) is 6.33 Å². The second kappa shape index (κ2) is 7.84. The lowest BCUT2D eigenvalue weighted by Crippen LogP contribution is -2.53. The lowest BCUT2D eigenvalue weighted by atomic mass is 10.1. The molecule has 1 aliphatic heterocycles. The number of carbonyl (C=O) groups excluding carboxylic acids is 2. The van der Waals surface area contributed by atoms with Gasteiger partial charge in [-0.05, 0) is 28.1 Å².